The molecule has 0 spiro atoms. The molecule has 8 heteroatoms. The zero-order chi connectivity index (χ0) is 14.7. The molecule has 0 aliphatic carbocycles. The first-order valence-electron chi connectivity index (χ1n) is 6.54. The standard InChI is InChI=1S/C12H18N4O4/c1-9(12(17)14-3-5-20-6-4-14)8-15-10(2)7-11(13-15)16(18)19/h7,9H,3-6,8H2,1-2H3. The molecular weight excluding hydrogens is 264 g/mol. The maximum atomic E-state index is 12.2. The Morgan fingerprint density at radius 3 is 2.75 bits per heavy atom. The number of hydrogen-bond acceptors (Lipinski definition) is 5. The van der Waals surface area contributed by atoms with Crippen LogP contribution in [0.15, 0.2) is 6.07 Å². The topological polar surface area (TPSA) is 90.5 Å². The quantitative estimate of drug-likeness (QED) is 0.595. The van der Waals surface area contributed by atoms with E-state index < -0.39 is 4.92 Å². The fourth-order valence-electron chi connectivity index (χ4n) is 2.20. The second-order valence-corrected chi connectivity index (χ2v) is 4.92. The number of aryl methyl sites for hydroxylation is 1. The van der Waals surface area contributed by atoms with Crippen LogP contribution in [-0.4, -0.2) is 51.8 Å². The lowest BCUT2D eigenvalue weighted by atomic mass is 10.1. The lowest BCUT2D eigenvalue weighted by Crippen LogP contribution is -2.44. The van der Waals surface area contributed by atoms with Crippen LogP contribution in [0.3, 0.4) is 0 Å². The van der Waals surface area contributed by atoms with Gasteiger partial charge in [-0.25, -0.2) is 0 Å². The summed E-state index contributed by atoms with van der Waals surface area (Å²) in [5.74, 6) is -0.425. The highest BCUT2D eigenvalue weighted by Crippen LogP contribution is 2.14. The lowest BCUT2D eigenvalue weighted by Gasteiger charge is -2.29. The van der Waals surface area contributed by atoms with Crippen LogP contribution in [0.25, 0.3) is 0 Å². The van der Waals surface area contributed by atoms with Crippen LogP contribution in [0.1, 0.15) is 12.6 Å². The number of hydrogen-bond donors (Lipinski definition) is 0. The number of nitro groups is 1. The smallest absolute Gasteiger partial charge is 0.378 e. The third kappa shape index (κ3) is 3.13. The Kier molecular flexibility index (Phi) is 4.33. The van der Waals surface area contributed by atoms with Crippen LogP contribution in [0.5, 0.6) is 0 Å². The minimum atomic E-state index is -0.530. The van der Waals surface area contributed by atoms with E-state index in [9.17, 15) is 14.9 Å². The molecule has 1 aliphatic rings. The number of carbonyl (C=O) groups excluding carboxylic acids is 1. The van der Waals surface area contributed by atoms with Gasteiger partial charge in [0, 0.05) is 13.1 Å². The molecule has 2 heterocycles. The maximum Gasteiger partial charge on any atom is 0.390 e. The molecule has 0 aromatic carbocycles. The first-order chi connectivity index (χ1) is 9.49. The number of morpholine rings is 1. The molecule has 1 aliphatic heterocycles. The highest BCUT2D eigenvalue weighted by atomic mass is 16.6. The highest BCUT2D eigenvalue weighted by molar-refractivity contribution is 5.78. The van der Waals surface area contributed by atoms with E-state index in [1.165, 1.54) is 10.7 Å². The van der Waals surface area contributed by atoms with Gasteiger partial charge in [0.2, 0.25) is 5.91 Å². The van der Waals surface area contributed by atoms with Crippen molar-refractivity contribution in [3.8, 4) is 0 Å². The van der Waals surface area contributed by atoms with E-state index in [1.54, 1.807) is 11.8 Å². The predicted molar refractivity (Wildman–Crippen MR) is 70.2 cm³/mol. The SMILES string of the molecule is Cc1cc([N+](=O)[O-])nn1CC(C)C(=O)N1CCOCC1. The summed E-state index contributed by atoms with van der Waals surface area (Å²) < 4.78 is 6.73. The fourth-order valence-corrected chi connectivity index (χ4v) is 2.20. The predicted octanol–water partition coefficient (Wildman–Crippen LogP) is 0.595. The van der Waals surface area contributed by atoms with Gasteiger partial charge in [-0.05, 0) is 11.8 Å². The van der Waals surface area contributed by atoms with Crippen molar-refractivity contribution >= 4 is 11.7 Å². The van der Waals surface area contributed by atoms with Gasteiger partial charge < -0.3 is 19.8 Å². The van der Waals surface area contributed by atoms with Gasteiger partial charge in [-0.3, -0.25) is 4.79 Å². The molecular formula is C12H18N4O4. The molecule has 0 N–H and O–H groups in total. The summed E-state index contributed by atoms with van der Waals surface area (Å²) in [7, 11) is 0. The molecule has 0 radical (unpaired) electrons. The molecule has 20 heavy (non-hydrogen) atoms. The molecule has 1 unspecified atom stereocenters. The van der Waals surface area contributed by atoms with Crippen molar-refractivity contribution in [2.45, 2.75) is 20.4 Å². The summed E-state index contributed by atoms with van der Waals surface area (Å²) in [4.78, 5) is 24.2. The molecule has 1 aromatic rings. The zero-order valence-corrected chi connectivity index (χ0v) is 11.6. The van der Waals surface area contributed by atoms with Crippen molar-refractivity contribution in [2.75, 3.05) is 26.3 Å². The van der Waals surface area contributed by atoms with Gasteiger partial charge in [-0.1, -0.05) is 6.92 Å². The van der Waals surface area contributed by atoms with Gasteiger partial charge in [0.1, 0.15) is 0 Å². The second-order valence-electron chi connectivity index (χ2n) is 4.92. The van der Waals surface area contributed by atoms with Gasteiger partial charge in [0.15, 0.2) is 0 Å². The molecule has 1 amide bonds. The Balaban J connectivity index is 2.01. The van der Waals surface area contributed by atoms with Gasteiger partial charge in [-0.2, -0.15) is 4.68 Å². The fraction of sp³-hybridized carbons (Fsp3) is 0.667. The van der Waals surface area contributed by atoms with Crippen LogP contribution in [-0.2, 0) is 16.1 Å². The number of rotatable bonds is 4. The van der Waals surface area contributed by atoms with Crippen LogP contribution < -0.4 is 0 Å². The summed E-state index contributed by atoms with van der Waals surface area (Å²) in [6.45, 7) is 6.21. The number of amides is 1. The first-order valence-corrected chi connectivity index (χ1v) is 6.54. The second kappa shape index (κ2) is 6.00. The monoisotopic (exact) mass is 282 g/mol. The van der Waals surface area contributed by atoms with Crippen LogP contribution in [0.2, 0.25) is 0 Å². The number of aromatic nitrogens is 2. The normalized spacial score (nSPS) is 17.0. The lowest BCUT2D eigenvalue weighted by molar-refractivity contribution is -0.389. The first kappa shape index (κ1) is 14.4. The van der Waals surface area contributed by atoms with Crippen molar-refractivity contribution in [3.63, 3.8) is 0 Å². The molecule has 1 atom stereocenters. The molecule has 0 saturated carbocycles. The summed E-state index contributed by atoms with van der Waals surface area (Å²) in [6, 6.07) is 1.41. The van der Waals surface area contributed by atoms with Gasteiger partial charge in [0.05, 0.1) is 42.5 Å². The molecule has 8 nitrogen and oxygen atoms in total. The summed E-state index contributed by atoms with van der Waals surface area (Å²) in [6.07, 6.45) is 0. The minimum Gasteiger partial charge on any atom is -0.378 e. The van der Waals surface area contributed by atoms with E-state index in [-0.39, 0.29) is 17.6 Å². The molecule has 2 rings (SSSR count). The van der Waals surface area contributed by atoms with E-state index in [2.05, 4.69) is 5.10 Å². The molecule has 0 bridgehead atoms. The largest absolute Gasteiger partial charge is 0.390 e. The zero-order valence-electron chi connectivity index (χ0n) is 11.6. The molecule has 110 valence electrons. The maximum absolute atomic E-state index is 12.2. The van der Waals surface area contributed by atoms with Crippen molar-refractivity contribution in [3.05, 3.63) is 21.9 Å². The Labute approximate surface area is 116 Å². The summed E-state index contributed by atoms with van der Waals surface area (Å²) in [5.41, 5.74) is 0.679. The van der Waals surface area contributed by atoms with E-state index in [1.807, 2.05) is 6.92 Å². The third-order valence-corrected chi connectivity index (χ3v) is 3.35. The van der Waals surface area contributed by atoms with Crippen molar-refractivity contribution in [2.24, 2.45) is 5.92 Å². The Morgan fingerprint density at radius 2 is 2.20 bits per heavy atom. The van der Waals surface area contributed by atoms with Crippen molar-refractivity contribution in [1.29, 1.82) is 0 Å². The van der Waals surface area contributed by atoms with Crippen molar-refractivity contribution in [1.82, 2.24) is 14.7 Å². The van der Waals surface area contributed by atoms with Crippen molar-refractivity contribution < 1.29 is 14.5 Å². The number of nitrogens with zero attached hydrogens (tertiary/aromatic N) is 4. The summed E-state index contributed by atoms with van der Waals surface area (Å²) >= 11 is 0. The average Bonchev–Trinajstić information content (AvgIpc) is 2.80. The van der Waals surface area contributed by atoms with Gasteiger partial charge in [-0.15, -0.1) is 0 Å². The van der Waals surface area contributed by atoms with E-state index >= 15 is 0 Å². The van der Waals surface area contributed by atoms with Crippen LogP contribution >= 0.6 is 0 Å². The van der Waals surface area contributed by atoms with E-state index in [4.69, 9.17) is 4.74 Å². The average molecular weight is 282 g/mol. The van der Waals surface area contributed by atoms with Crippen LogP contribution in [0.4, 0.5) is 5.82 Å². The van der Waals surface area contributed by atoms with Gasteiger partial charge >= 0.3 is 5.82 Å². The molecule has 1 aromatic heterocycles. The number of carbonyl (C=O) groups is 1. The molecule has 1 fully saturated rings. The van der Waals surface area contributed by atoms with E-state index in [0.717, 1.165) is 0 Å². The van der Waals surface area contributed by atoms with Crippen LogP contribution in [0, 0.1) is 23.0 Å². The number of ether oxygens (including phenoxy) is 1. The Bertz CT molecular complexity index is 508. The Hall–Kier alpha value is -1.96. The third-order valence-electron chi connectivity index (χ3n) is 3.35. The minimum absolute atomic E-state index is 0.0332. The molecule has 1 saturated heterocycles. The van der Waals surface area contributed by atoms with E-state index in [0.29, 0.717) is 38.5 Å². The Morgan fingerprint density at radius 1 is 1.55 bits per heavy atom. The highest BCUT2D eigenvalue weighted by Gasteiger charge is 2.25. The van der Waals surface area contributed by atoms with Gasteiger partial charge in [0.25, 0.3) is 0 Å². The summed E-state index contributed by atoms with van der Waals surface area (Å²) in [5, 5.41) is 14.6.